The maximum atomic E-state index is 6.18. The number of aromatic nitrogens is 2. The quantitative estimate of drug-likeness (QED) is 0.753. The first kappa shape index (κ1) is 11.6. The van der Waals surface area contributed by atoms with Gasteiger partial charge >= 0.3 is 0 Å². The van der Waals surface area contributed by atoms with Crippen molar-refractivity contribution in [3.63, 3.8) is 0 Å². The molecule has 20 heavy (non-hydrogen) atoms. The highest BCUT2D eigenvalue weighted by Crippen LogP contribution is 2.72. The van der Waals surface area contributed by atoms with Crippen molar-refractivity contribution in [1.82, 2.24) is 9.55 Å². The molecule has 104 valence electrons. The molecule has 3 fully saturated rings. The van der Waals surface area contributed by atoms with Gasteiger partial charge in [-0.2, -0.15) is 0 Å². The van der Waals surface area contributed by atoms with Gasteiger partial charge in [0.1, 0.15) is 5.82 Å². The molecule has 2 aromatic rings. The van der Waals surface area contributed by atoms with Crippen LogP contribution in [0.2, 0.25) is 0 Å². The lowest BCUT2D eigenvalue weighted by atomic mass is 10.0. The summed E-state index contributed by atoms with van der Waals surface area (Å²) in [7, 11) is 0. The van der Waals surface area contributed by atoms with Crippen LogP contribution in [0, 0.1) is 30.6 Å². The molecule has 0 saturated heterocycles. The highest BCUT2D eigenvalue weighted by molar-refractivity contribution is 6.16. The molecule has 2 bridgehead atoms. The summed E-state index contributed by atoms with van der Waals surface area (Å²) in [5.41, 5.74) is 3.70. The molecule has 1 aromatic carbocycles. The molecule has 3 heteroatoms. The lowest BCUT2D eigenvalue weighted by Crippen LogP contribution is -2.07. The van der Waals surface area contributed by atoms with E-state index in [0.29, 0.717) is 11.9 Å². The average Bonchev–Trinajstić information content (AvgIpc) is 2.80. The molecule has 3 aliphatic rings. The van der Waals surface area contributed by atoms with E-state index < -0.39 is 0 Å². The number of nitrogens with zero attached hydrogens (tertiary/aromatic N) is 2. The Hall–Kier alpha value is -1.02. The van der Waals surface area contributed by atoms with Crippen LogP contribution in [0.1, 0.15) is 36.7 Å². The number of hydrogen-bond acceptors (Lipinski definition) is 1. The van der Waals surface area contributed by atoms with Gasteiger partial charge in [-0.05, 0) is 67.6 Å². The summed E-state index contributed by atoms with van der Waals surface area (Å²) in [6, 6.07) is 7.33. The third-order valence-electron chi connectivity index (χ3n) is 6.03. The number of hydrogen-bond donors (Lipinski definition) is 0. The second kappa shape index (κ2) is 3.79. The van der Waals surface area contributed by atoms with E-state index in [1.54, 1.807) is 0 Å². The zero-order valence-corrected chi connectivity index (χ0v) is 12.5. The molecule has 1 aromatic heterocycles. The fourth-order valence-electron chi connectivity index (χ4n) is 5.31. The van der Waals surface area contributed by atoms with Crippen molar-refractivity contribution < 1.29 is 0 Å². The van der Waals surface area contributed by atoms with Crippen molar-refractivity contribution in [3.8, 4) is 0 Å². The van der Waals surface area contributed by atoms with Crippen LogP contribution in [0.15, 0.2) is 18.2 Å². The molecule has 0 aliphatic heterocycles. The highest BCUT2D eigenvalue weighted by Gasteiger charge is 2.66. The summed E-state index contributed by atoms with van der Waals surface area (Å²) in [5, 5.41) is 0. The summed E-state index contributed by atoms with van der Waals surface area (Å²) >= 11 is 6.18. The van der Waals surface area contributed by atoms with E-state index in [-0.39, 0.29) is 0 Å². The van der Waals surface area contributed by atoms with Crippen LogP contribution >= 0.6 is 11.6 Å². The zero-order chi connectivity index (χ0) is 13.4. The van der Waals surface area contributed by atoms with Crippen molar-refractivity contribution in [2.75, 3.05) is 0 Å². The van der Waals surface area contributed by atoms with Crippen molar-refractivity contribution in [1.29, 1.82) is 0 Å². The van der Waals surface area contributed by atoms with Crippen LogP contribution in [-0.2, 0) is 5.88 Å². The lowest BCUT2D eigenvalue weighted by molar-refractivity contribution is 0.454. The molecular weight excluding hydrogens is 268 g/mol. The second-order valence-electron chi connectivity index (χ2n) is 7.00. The SMILES string of the molecule is Cc1ccc2c(c1)nc(CCl)n2C1C2C3CCC(C3)C21. The summed E-state index contributed by atoms with van der Waals surface area (Å²) < 4.78 is 2.49. The van der Waals surface area contributed by atoms with E-state index >= 15 is 0 Å². The van der Waals surface area contributed by atoms with E-state index in [9.17, 15) is 0 Å². The third kappa shape index (κ3) is 1.34. The van der Waals surface area contributed by atoms with Crippen molar-refractivity contribution in [2.24, 2.45) is 23.7 Å². The van der Waals surface area contributed by atoms with Gasteiger partial charge in [0.2, 0.25) is 0 Å². The maximum Gasteiger partial charge on any atom is 0.125 e. The Labute approximate surface area is 124 Å². The predicted molar refractivity (Wildman–Crippen MR) is 80.9 cm³/mol. The van der Waals surface area contributed by atoms with Gasteiger partial charge in [-0.1, -0.05) is 6.07 Å². The Morgan fingerprint density at radius 3 is 2.70 bits per heavy atom. The number of fused-ring (bicyclic) bond motifs is 6. The molecule has 2 nitrogen and oxygen atoms in total. The smallest absolute Gasteiger partial charge is 0.125 e. The van der Waals surface area contributed by atoms with Gasteiger partial charge in [0.25, 0.3) is 0 Å². The first-order valence-electron chi connectivity index (χ1n) is 7.81. The van der Waals surface area contributed by atoms with Gasteiger partial charge in [0.05, 0.1) is 16.9 Å². The molecule has 3 saturated carbocycles. The third-order valence-corrected chi connectivity index (χ3v) is 6.27. The first-order valence-corrected chi connectivity index (χ1v) is 8.35. The topological polar surface area (TPSA) is 17.8 Å². The molecule has 0 spiro atoms. The number of halogens is 1. The number of imidazole rings is 1. The molecule has 4 atom stereocenters. The molecule has 0 N–H and O–H groups in total. The fraction of sp³-hybridized carbons (Fsp3) is 0.588. The van der Waals surface area contributed by atoms with Gasteiger partial charge in [-0.25, -0.2) is 4.98 Å². The number of rotatable bonds is 2. The Kier molecular flexibility index (Phi) is 2.20. The van der Waals surface area contributed by atoms with Crippen LogP contribution in [0.25, 0.3) is 11.0 Å². The normalized spacial score (nSPS) is 37.6. The van der Waals surface area contributed by atoms with E-state index in [0.717, 1.165) is 35.0 Å². The van der Waals surface area contributed by atoms with E-state index in [2.05, 4.69) is 29.7 Å². The minimum absolute atomic E-state index is 0.527. The summed E-state index contributed by atoms with van der Waals surface area (Å²) in [5.74, 6) is 5.43. The Balaban J connectivity index is 1.65. The molecule has 3 aliphatic carbocycles. The molecule has 0 amide bonds. The monoisotopic (exact) mass is 286 g/mol. The number of benzene rings is 1. The largest absolute Gasteiger partial charge is 0.323 e. The molecule has 4 unspecified atom stereocenters. The van der Waals surface area contributed by atoms with Crippen LogP contribution in [0.4, 0.5) is 0 Å². The van der Waals surface area contributed by atoms with Crippen LogP contribution < -0.4 is 0 Å². The zero-order valence-electron chi connectivity index (χ0n) is 11.7. The van der Waals surface area contributed by atoms with Crippen molar-refractivity contribution >= 4 is 22.6 Å². The van der Waals surface area contributed by atoms with Crippen LogP contribution in [-0.4, -0.2) is 9.55 Å². The molecular formula is C17H19ClN2. The minimum Gasteiger partial charge on any atom is -0.323 e. The fourth-order valence-corrected chi connectivity index (χ4v) is 5.50. The average molecular weight is 287 g/mol. The van der Waals surface area contributed by atoms with Gasteiger partial charge in [0, 0.05) is 6.04 Å². The Morgan fingerprint density at radius 2 is 2.00 bits per heavy atom. The summed E-state index contributed by atoms with van der Waals surface area (Å²) in [4.78, 5) is 4.78. The van der Waals surface area contributed by atoms with Crippen LogP contribution in [0.3, 0.4) is 0 Å². The predicted octanol–water partition coefficient (Wildman–Crippen LogP) is 4.30. The Bertz CT molecular complexity index is 688. The van der Waals surface area contributed by atoms with Crippen molar-refractivity contribution in [2.45, 2.75) is 38.1 Å². The van der Waals surface area contributed by atoms with E-state index in [1.807, 2.05) is 0 Å². The van der Waals surface area contributed by atoms with E-state index in [1.165, 1.54) is 30.3 Å². The van der Waals surface area contributed by atoms with E-state index in [4.69, 9.17) is 16.6 Å². The standard InChI is InChI=1S/C17H19ClN2/c1-9-2-5-13-12(6-9)19-14(8-18)20(13)17-15-10-3-4-11(7-10)16(15)17/h2,5-6,10-11,15-17H,3-4,7-8H2,1H3. The summed E-state index contributed by atoms with van der Waals surface area (Å²) in [6.07, 6.45) is 4.42. The second-order valence-corrected chi connectivity index (χ2v) is 7.27. The molecule has 5 rings (SSSR count). The Morgan fingerprint density at radius 1 is 1.25 bits per heavy atom. The van der Waals surface area contributed by atoms with Gasteiger partial charge in [-0.3, -0.25) is 0 Å². The van der Waals surface area contributed by atoms with Crippen molar-refractivity contribution in [3.05, 3.63) is 29.6 Å². The lowest BCUT2D eigenvalue weighted by Gasteiger charge is -2.13. The molecule has 0 radical (unpaired) electrons. The first-order chi connectivity index (χ1) is 9.78. The summed E-state index contributed by atoms with van der Waals surface area (Å²) in [6.45, 7) is 2.13. The number of alkyl halides is 1. The van der Waals surface area contributed by atoms with Crippen LogP contribution in [0.5, 0.6) is 0 Å². The number of aryl methyl sites for hydroxylation is 1. The highest BCUT2D eigenvalue weighted by atomic mass is 35.5. The maximum absolute atomic E-state index is 6.18. The van der Waals surface area contributed by atoms with Gasteiger partial charge < -0.3 is 4.57 Å². The minimum atomic E-state index is 0.527. The molecule has 1 heterocycles. The van der Waals surface area contributed by atoms with Gasteiger partial charge in [0.15, 0.2) is 0 Å². The van der Waals surface area contributed by atoms with Gasteiger partial charge in [-0.15, -0.1) is 11.6 Å².